The molecule has 0 amide bonds. The fourth-order valence-electron chi connectivity index (χ4n) is 7.97. The van der Waals surface area contributed by atoms with Gasteiger partial charge in [0, 0.05) is 11.3 Å². The number of ether oxygens (including phenoxy) is 2. The third kappa shape index (κ3) is 2.96. The molecule has 1 spiro atoms. The Balaban J connectivity index is 1.56. The molecule has 0 radical (unpaired) electrons. The van der Waals surface area contributed by atoms with E-state index in [0.29, 0.717) is 23.4 Å². The molecule has 7 atom stereocenters. The quantitative estimate of drug-likeness (QED) is 0.547. The summed E-state index contributed by atoms with van der Waals surface area (Å²) in [7, 11) is -1.63. The predicted octanol–water partition coefficient (Wildman–Crippen LogP) is 5.77. The minimum Gasteiger partial charge on any atom is -0.547 e. The Morgan fingerprint density at radius 3 is 2.68 bits per heavy atom. The molecule has 4 heteroatoms. The van der Waals surface area contributed by atoms with E-state index in [9.17, 15) is 0 Å². The Morgan fingerprint density at radius 2 is 1.86 bits per heavy atom. The van der Waals surface area contributed by atoms with Crippen LogP contribution in [0.2, 0.25) is 19.6 Å². The van der Waals surface area contributed by atoms with E-state index in [0.717, 1.165) is 31.7 Å². The van der Waals surface area contributed by atoms with Crippen molar-refractivity contribution >= 4 is 8.32 Å². The van der Waals surface area contributed by atoms with E-state index >= 15 is 0 Å². The van der Waals surface area contributed by atoms with Gasteiger partial charge in [0.25, 0.3) is 0 Å². The van der Waals surface area contributed by atoms with Crippen LogP contribution in [0.4, 0.5) is 0 Å². The number of hydrogen-bond acceptors (Lipinski definition) is 3. The highest BCUT2D eigenvalue weighted by Gasteiger charge is 2.63. The van der Waals surface area contributed by atoms with Crippen LogP contribution in [-0.2, 0) is 13.9 Å². The molecule has 3 nitrogen and oxygen atoms in total. The van der Waals surface area contributed by atoms with E-state index in [1.807, 2.05) is 0 Å². The lowest BCUT2D eigenvalue weighted by molar-refractivity contribution is -0.117. The standard InChI is InChI=1S/C24H40O3Si/c1-23-11-6-5-7-17(23)15-20(27-28(2,3)4)22-18(23)10-12-24-16-25-13-14-26-21(24)9-8-19(22)24/h15,17-19,21-22H,5-14,16H2,1-4H3/t17?,18-,19-,21?,22+,23-,24+/m0/s1. The Morgan fingerprint density at radius 1 is 1.00 bits per heavy atom. The second-order valence-electron chi connectivity index (χ2n) is 11.6. The summed E-state index contributed by atoms with van der Waals surface area (Å²) in [5, 5.41) is 0. The van der Waals surface area contributed by atoms with Crippen molar-refractivity contribution < 1.29 is 13.9 Å². The number of fused-ring (bicyclic) bond motifs is 4. The van der Waals surface area contributed by atoms with Gasteiger partial charge in [-0.3, -0.25) is 0 Å². The first-order valence-corrected chi connectivity index (χ1v) is 15.3. The van der Waals surface area contributed by atoms with E-state index in [4.69, 9.17) is 13.9 Å². The van der Waals surface area contributed by atoms with Crippen LogP contribution in [0, 0.1) is 34.5 Å². The van der Waals surface area contributed by atoms with Gasteiger partial charge in [-0.1, -0.05) is 19.8 Å². The van der Waals surface area contributed by atoms with Crippen molar-refractivity contribution in [2.45, 2.75) is 84.0 Å². The largest absolute Gasteiger partial charge is 0.547 e. The van der Waals surface area contributed by atoms with Crippen molar-refractivity contribution in [1.29, 1.82) is 0 Å². The van der Waals surface area contributed by atoms with Crippen LogP contribution in [0.15, 0.2) is 11.8 Å². The summed E-state index contributed by atoms with van der Waals surface area (Å²) in [6.07, 6.45) is 13.8. The lowest BCUT2D eigenvalue weighted by atomic mass is 9.46. The smallest absolute Gasteiger partial charge is 0.241 e. The molecule has 3 saturated carbocycles. The molecule has 158 valence electrons. The fourth-order valence-corrected chi connectivity index (χ4v) is 8.88. The van der Waals surface area contributed by atoms with Crippen LogP contribution in [0.3, 0.4) is 0 Å². The third-order valence-electron chi connectivity index (χ3n) is 9.12. The molecular formula is C24H40O3Si. The number of hydrogen-bond donors (Lipinski definition) is 0. The number of rotatable bonds is 2. The van der Waals surface area contributed by atoms with E-state index in [2.05, 4.69) is 32.6 Å². The second kappa shape index (κ2) is 6.85. The lowest BCUT2D eigenvalue weighted by Crippen LogP contribution is -2.55. The van der Waals surface area contributed by atoms with E-state index in [-0.39, 0.29) is 5.41 Å². The molecule has 0 aromatic carbocycles. The molecular weight excluding hydrogens is 364 g/mol. The van der Waals surface area contributed by atoms with Crippen LogP contribution in [0.25, 0.3) is 0 Å². The number of allylic oxidation sites excluding steroid dienone is 2. The summed E-state index contributed by atoms with van der Waals surface area (Å²) in [4.78, 5) is 0. The summed E-state index contributed by atoms with van der Waals surface area (Å²) in [6, 6.07) is 0. The van der Waals surface area contributed by atoms with E-state index < -0.39 is 8.32 Å². The highest BCUT2D eigenvalue weighted by molar-refractivity contribution is 6.70. The molecule has 0 aromatic heterocycles. The van der Waals surface area contributed by atoms with Gasteiger partial charge < -0.3 is 13.9 Å². The molecule has 4 fully saturated rings. The Hall–Kier alpha value is -0.323. The summed E-state index contributed by atoms with van der Waals surface area (Å²) >= 11 is 0. The van der Waals surface area contributed by atoms with Crippen molar-refractivity contribution in [1.82, 2.24) is 0 Å². The first kappa shape index (κ1) is 19.6. The van der Waals surface area contributed by atoms with Crippen LogP contribution in [-0.4, -0.2) is 34.2 Å². The van der Waals surface area contributed by atoms with Gasteiger partial charge in [0.05, 0.1) is 31.7 Å². The topological polar surface area (TPSA) is 27.7 Å². The minimum atomic E-state index is -1.63. The third-order valence-corrected chi connectivity index (χ3v) is 9.97. The summed E-state index contributed by atoms with van der Waals surface area (Å²) in [5.74, 6) is 4.17. The summed E-state index contributed by atoms with van der Waals surface area (Å²) in [5.41, 5.74) is 0.707. The van der Waals surface area contributed by atoms with Crippen LogP contribution < -0.4 is 0 Å². The van der Waals surface area contributed by atoms with Crippen molar-refractivity contribution in [2.24, 2.45) is 34.5 Å². The molecule has 2 unspecified atom stereocenters. The van der Waals surface area contributed by atoms with Gasteiger partial charge in [0.2, 0.25) is 8.32 Å². The minimum absolute atomic E-state index is 0.234. The fraction of sp³-hybridized carbons (Fsp3) is 0.917. The molecule has 0 aromatic rings. The molecule has 5 rings (SSSR count). The van der Waals surface area contributed by atoms with Crippen molar-refractivity contribution in [3.8, 4) is 0 Å². The molecule has 1 aliphatic heterocycles. The van der Waals surface area contributed by atoms with Gasteiger partial charge >= 0.3 is 0 Å². The average Bonchev–Trinajstić information content (AvgIpc) is 2.88. The first-order chi connectivity index (χ1) is 13.3. The van der Waals surface area contributed by atoms with E-state index in [1.54, 1.807) is 0 Å². The predicted molar refractivity (Wildman–Crippen MR) is 115 cm³/mol. The van der Waals surface area contributed by atoms with Gasteiger partial charge in [-0.15, -0.1) is 0 Å². The maximum absolute atomic E-state index is 6.88. The van der Waals surface area contributed by atoms with Gasteiger partial charge in [-0.2, -0.15) is 0 Å². The Bertz CT molecular complexity index is 640. The molecule has 0 bridgehead atoms. The first-order valence-electron chi connectivity index (χ1n) is 11.9. The van der Waals surface area contributed by atoms with E-state index in [1.165, 1.54) is 57.1 Å². The Kier molecular flexibility index (Phi) is 4.80. The molecule has 5 aliphatic rings. The zero-order valence-corrected chi connectivity index (χ0v) is 19.5. The van der Waals surface area contributed by atoms with Gasteiger partial charge in [0.1, 0.15) is 0 Å². The highest BCUT2D eigenvalue weighted by atomic mass is 28.4. The zero-order valence-electron chi connectivity index (χ0n) is 18.5. The zero-order chi connectivity index (χ0) is 19.6. The van der Waals surface area contributed by atoms with Gasteiger partial charge in [0.15, 0.2) is 0 Å². The summed E-state index contributed by atoms with van der Waals surface area (Å²) < 4.78 is 19.4. The van der Waals surface area contributed by atoms with Crippen LogP contribution >= 0.6 is 0 Å². The average molecular weight is 405 g/mol. The monoisotopic (exact) mass is 404 g/mol. The molecule has 4 aliphatic carbocycles. The highest BCUT2D eigenvalue weighted by Crippen LogP contribution is 2.67. The second-order valence-corrected chi connectivity index (χ2v) is 16.1. The van der Waals surface area contributed by atoms with Gasteiger partial charge in [-0.25, -0.2) is 0 Å². The van der Waals surface area contributed by atoms with Gasteiger partial charge in [-0.05, 0) is 87.4 Å². The van der Waals surface area contributed by atoms with Crippen LogP contribution in [0.5, 0.6) is 0 Å². The van der Waals surface area contributed by atoms with Crippen LogP contribution in [0.1, 0.15) is 58.3 Å². The molecule has 1 saturated heterocycles. The molecule has 28 heavy (non-hydrogen) atoms. The normalized spacial score (nSPS) is 48.4. The Labute approximate surface area is 172 Å². The SMILES string of the molecule is C[C@]12CCCCC1C=C(O[Si](C)(C)C)[C@H]1[C@@H]3CCC4OCCOC[C@@]43CC[C@@H]12. The summed E-state index contributed by atoms with van der Waals surface area (Å²) in [6.45, 7) is 12.1. The maximum Gasteiger partial charge on any atom is 0.241 e. The van der Waals surface area contributed by atoms with Crippen molar-refractivity contribution in [3.05, 3.63) is 11.8 Å². The lowest BCUT2D eigenvalue weighted by Gasteiger charge is -2.60. The van der Waals surface area contributed by atoms with Crippen molar-refractivity contribution in [3.63, 3.8) is 0 Å². The van der Waals surface area contributed by atoms with Crippen molar-refractivity contribution in [2.75, 3.05) is 19.8 Å². The maximum atomic E-state index is 6.88. The molecule has 1 heterocycles. The molecule has 0 N–H and O–H groups in total.